The first-order valence-electron chi connectivity index (χ1n) is 11.8. The van der Waals surface area contributed by atoms with E-state index < -0.39 is 0 Å². The lowest BCUT2D eigenvalue weighted by atomic mass is 10.0. The van der Waals surface area contributed by atoms with Crippen LogP contribution in [-0.2, 0) is 6.42 Å². The lowest BCUT2D eigenvalue weighted by Crippen LogP contribution is -1.80. The summed E-state index contributed by atoms with van der Waals surface area (Å²) in [5, 5.41) is 4.58. The zero-order valence-electron chi connectivity index (χ0n) is 18.8. The molecule has 3 heterocycles. The van der Waals surface area contributed by atoms with Gasteiger partial charge in [-0.05, 0) is 49.2 Å². The summed E-state index contributed by atoms with van der Waals surface area (Å²) in [6.45, 7) is 2.26. The molecule has 6 aromatic rings. The summed E-state index contributed by atoms with van der Waals surface area (Å²) in [5.74, 6) is 1.90. The zero-order valence-corrected chi connectivity index (χ0v) is 19.6. The number of hydrogen-bond acceptors (Lipinski definition) is 3. The minimum Gasteiger partial charge on any atom is -0.456 e. The van der Waals surface area contributed by atoms with Crippen molar-refractivity contribution in [1.29, 1.82) is 0 Å². The summed E-state index contributed by atoms with van der Waals surface area (Å²) in [5.41, 5.74) is 2.90. The van der Waals surface area contributed by atoms with Gasteiger partial charge in [0.2, 0.25) is 0 Å². The van der Waals surface area contributed by atoms with Crippen LogP contribution >= 0.6 is 11.3 Å². The van der Waals surface area contributed by atoms with Gasteiger partial charge < -0.3 is 8.83 Å². The van der Waals surface area contributed by atoms with Crippen molar-refractivity contribution in [3.05, 3.63) is 83.7 Å². The van der Waals surface area contributed by atoms with Gasteiger partial charge in [0.05, 0.1) is 4.88 Å². The Balaban J connectivity index is 1.42. The topological polar surface area (TPSA) is 26.3 Å². The second-order valence-corrected chi connectivity index (χ2v) is 9.86. The number of thiophene rings is 1. The molecule has 0 spiro atoms. The summed E-state index contributed by atoms with van der Waals surface area (Å²) >= 11 is 1.86. The van der Waals surface area contributed by atoms with E-state index in [4.69, 9.17) is 8.83 Å². The van der Waals surface area contributed by atoms with Crippen LogP contribution in [0.4, 0.5) is 0 Å². The van der Waals surface area contributed by atoms with Crippen molar-refractivity contribution in [2.75, 3.05) is 0 Å². The molecule has 0 saturated heterocycles. The molecule has 0 bridgehead atoms. The molecule has 0 N–H and O–H groups in total. The fourth-order valence-electron chi connectivity index (χ4n) is 4.72. The molecule has 0 fully saturated rings. The average Bonchev–Trinajstić information content (AvgIpc) is 3.56. The van der Waals surface area contributed by atoms with Crippen LogP contribution in [0.3, 0.4) is 0 Å². The largest absolute Gasteiger partial charge is 0.456 e. The first kappa shape index (κ1) is 20.3. The second kappa shape index (κ2) is 8.57. The molecule has 164 valence electrons. The van der Waals surface area contributed by atoms with Gasteiger partial charge in [-0.15, -0.1) is 11.3 Å². The SMILES string of the molecule is CCCCCCc1ccc(-c2oc(-c3ccc4oc5ccccc5c4c3)c3ccccc23)s1. The maximum Gasteiger partial charge on any atom is 0.152 e. The molecule has 0 saturated carbocycles. The van der Waals surface area contributed by atoms with Crippen molar-refractivity contribution in [2.24, 2.45) is 0 Å². The van der Waals surface area contributed by atoms with E-state index in [1.807, 2.05) is 23.5 Å². The number of fused-ring (bicyclic) bond motifs is 4. The molecule has 0 aliphatic rings. The lowest BCUT2D eigenvalue weighted by molar-refractivity contribution is 0.603. The van der Waals surface area contributed by atoms with Gasteiger partial charge in [-0.25, -0.2) is 0 Å². The third kappa shape index (κ3) is 3.67. The van der Waals surface area contributed by atoms with Crippen molar-refractivity contribution >= 4 is 44.0 Å². The van der Waals surface area contributed by atoms with E-state index in [-0.39, 0.29) is 0 Å². The molecule has 0 aliphatic carbocycles. The standard InChI is InChI=1S/C30H26O2S/c1-2-3-4-5-10-21-16-18-28(33-21)30-24-13-7-6-12-23(24)29(32-30)20-15-17-27-25(19-20)22-11-8-9-14-26(22)31-27/h6-9,11-19H,2-5,10H2,1H3. The molecule has 33 heavy (non-hydrogen) atoms. The molecule has 3 aromatic carbocycles. The molecule has 0 unspecified atom stereocenters. The van der Waals surface area contributed by atoms with Gasteiger partial charge in [0.25, 0.3) is 0 Å². The van der Waals surface area contributed by atoms with Crippen molar-refractivity contribution in [3.8, 4) is 22.0 Å². The van der Waals surface area contributed by atoms with Crippen LogP contribution in [0.15, 0.2) is 87.7 Å². The number of benzene rings is 3. The van der Waals surface area contributed by atoms with E-state index in [0.717, 1.165) is 50.8 Å². The minimum absolute atomic E-state index is 0.905. The highest BCUT2D eigenvalue weighted by atomic mass is 32.1. The third-order valence-corrected chi connectivity index (χ3v) is 7.57. The molecular formula is C30H26O2S. The Hall–Kier alpha value is -3.30. The van der Waals surface area contributed by atoms with Crippen LogP contribution in [-0.4, -0.2) is 0 Å². The Kier molecular flexibility index (Phi) is 5.27. The van der Waals surface area contributed by atoms with Crippen molar-refractivity contribution < 1.29 is 8.83 Å². The van der Waals surface area contributed by atoms with Crippen molar-refractivity contribution in [3.63, 3.8) is 0 Å². The van der Waals surface area contributed by atoms with E-state index in [2.05, 4.69) is 73.7 Å². The maximum atomic E-state index is 6.61. The molecule has 3 aromatic heterocycles. The van der Waals surface area contributed by atoms with Gasteiger partial charge in [-0.1, -0.05) is 68.7 Å². The smallest absolute Gasteiger partial charge is 0.152 e. The maximum absolute atomic E-state index is 6.61. The van der Waals surface area contributed by atoms with E-state index in [9.17, 15) is 0 Å². The minimum atomic E-state index is 0.905. The average molecular weight is 451 g/mol. The Morgan fingerprint density at radius 1 is 0.636 bits per heavy atom. The number of para-hydroxylation sites is 1. The van der Waals surface area contributed by atoms with Gasteiger partial charge in [0, 0.05) is 32.0 Å². The first-order valence-corrected chi connectivity index (χ1v) is 12.7. The Morgan fingerprint density at radius 3 is 2.24 bits per heavy atom. The fourth-order valence-corrected chi connectivity index (χ4v) is 5.76. The van der Waals surface area contributed by atoms with Gasteiger partial charge >= 0.3 is 0 Å². The number of rotatable bonds is 7. The molecule has 0 atom stereocenters. The molecular weight excluding hydrogens is 424 g/mol. The highest BCUT2D eigenvalue weighted by Crippen LogP contribution is 2.42. The molecule has 2 nitrogen and oxygen atoms in total. The Labute approximate surface area is 197 Å². The van der Waals surface area contributed by atoms with Gasteiger partial charge in [-0.2, -0.15) is 0 Å². The number of unbranched alkanes of at least 4 members (excludes halogenated alkanes) is 3. The normalized spacial score (nSPS) is 11.8. The summed E-state index contributed by atoms with van der Waals surface area (Å²) in [6.07, 6.45) is 6.32. The molecule has 0 aliphatic heterocycles. The van der Waals surface area contributed by atoms with E-state index in [1.54, 1.807) is 0 Å². The fraction of sp³-hybridized carbons (Fsp3) is 0.200. The highest BCUT2D eigenvalue weighted by Gasteiger charge is 2.18. The van der Waals surface area contributed by atoms with E-state index in [1.165, 1.54) is 40.8 Å². The Bertz CT molecular complexity index is 1560. The number of aryl methyl sites for hydroxylation is 1. The highest BCUT2D eigenvalue weighted by molar-refractivity contribution is 7.15. The lowest BCUT2D eigenvalue weighted by Gasteiger charge is -1.99. The molecule has 0 amide bonds. The van der Waals surface area contributed by atoms with Crippen molar-refractivity contribution in [2.45, 2.75) is 39.0 Å². The monoisotopic (exact) mass is 450 g/mol. The predicted octanol–water partition coefficient (Wildman–Crippen LogP) is 9.85. The first-order chi connectivity index (χ1) is 16.3. The van der Waals surface area contributed by atoms with Crippen LogP contribution in [0.1, 0.15) is 37.5 Å². The van der Waals surface area contributed by atoms with Crippen molar-refractivity contribution in [1.82, 2.24) is 0 Å². The van der Waals surface area contributed by atoms with Gasteiger partial charge in [-0.3, -0.25) is 0 Å². The quantitative estimate of drug-likeness (QED) is 0.226. The summed E-state index contributed by atoms with van der Waals surface area (Å²) in [4.78, 5) is 2.65. The third-order valence-electron chi connectivity index (χ3n) is 6.42. The second-order valence-electron chi connectivity index (χ2n) is 8.69. The van der Waals surface area contributed by atoms with Gasteiger partial charge in [0.1, 0.15) is 16.9 Å². The summed E-state index contributed by atoms with van der Waals surface area (Å²) in [6, 6.07) is 27.6. The molecule has 0 radical (unpaired) electrons. The van der Waals surface area contributed by atoms with Crippen LogP contribution in [0, 0.1) is 0 Å². The number of furan rings is 2. The summed E-state index contributed by atoms with van der Waals surface area (Å²) < 4.78 is 12.6. The van der Waals surface area contributed by atoms with Crippen LogP contribution in [0.25, 0.3) is 54.7 Å². The van der Waals surface area contributed by atoms with Crippen LogP contribution < -0.4 is 0 Å². The summed E-state index contributed by atoms with van der Waals surface area (Å²) in [7, 11) is 0. The Morgan fingerprint density at radius 2 is 1.39 bits per heavy atom. The molecule has 6 rings (SSSR count). The predicted molar refractivity (Wildman–Crippen MR) is 140 cm³/mol. The van der Waals surface area contributed by atoms with Crippen LogP contribution in [0.2, 0.25) is 0 Å². The van der Waals surface area contributed by atoms with E-state index >= 15 is 0 Å². The van der Waals surface area contributed by atoms with E-state index in [0.29, 0.717) is 0 Å². The van der Waals surface area contributed by atoms with Crippen LogP contribution in [0.5, 0.6) is 0 Å². The molecule has 3 heteroatoms. The van der Waals surface area contributed by atoms with Gasteiger partial charge in [0.15, 0.2) is 5.76 Å². The number of hydrogen-bond donors (Lipinski definition) is 0. The zero-order chi connectivity index (χ0) is 22.2.